The molecule has 14 heteroatoms. The van der Waals surface area contributed by atoms with Crippen molar-refractivity contribution < 1.29 is 27.4 Å². The van der Waals surface area contributed by atoms with Gasteiger partial charge in [0.05, 0.1) is 40.4 Å². The number of aromatic nitrogens is 2. The molecule has 8 rings (SSSR count). The average Bonchev–Trinajstić information content (AvgIpc) is 3.73. The number of halogens is 4. The Labute approximate surface area is 285 Å². The minimum atomic E-state index is -0.758. The Balaban J connectivity index is 0.000000347. The Morgan fingerprint density at radius 1 is 1.15 bits per heavy atom. The molecule has 0 aliphatic carbocycles. The first-order valence-electron chi connectivity index (χ1n) is 16.3. The fourth-order valence-corrected chi connectivity index (χ4v) is 8.86. The topological polar surface area (TPSA) is 110 Å². The van der Waals surface area contributed by atoms with E-state index in [0.29, 0.717) is 36.9 Å². The van der Waals surface area contributed by atoms with Crippen molar-refractivity contribution in [2.45, 2.75) is 69.8 Å². The van der Waals surface area contributed by atoms with Gasteiger partial charge in [-0.25, -0.2) is 13.2 Å². The molecule has 2 aromatic carbocycles. The summed E-state index contributed by atoms with van der Waals surface area (Å²) in [5.41, 5.74) is 6.20. The van der Waals surface area contributed by atoms with Gasteiger partial charge < -0.3 is 24.8 Å². The molecule has 9 nitrogen and oxygen atoms in total. The maximum Gasteiger partial charge on any atom is 0.318 e. The summed E-state index contributed by atoms with van der Waals surface area (Å²) in [7, 11) is 1.42. The molecule has 2 N–H and O–H groups in total. The Kier molecular flexibility index (Phi) is 9.19. The summed E-state index contributed by atoms with van der Waals surface area (Å²) in [6.07, 6.45) is 5.37. The maximum atomic E-state index is 16.6. The summed E-state index contributed by atoms with van der Waals surface area (Å²) < 4.78 is 61.5. The molecule has 254 valence electrons. The first-order valence-corrected chi connectivity index (χ1v) is 17.5. The second kappa shape index (κ2) is 13.4. The third-order valence-electron chi connectivity index (χ3n) is 9.87. The van der Waals surface area contributed by atoms with Gasteiger partial charge in [-0.2, -0.15) is 15.2 Å². The van der Waals surface area contributed by atoms with Crippen LogP contribution < -0.4 is 20.1 Å². The Hall–Kier alpha value is -3.57. The van der Waals surface area contributed by atoms with E-state index >= 15 is 4.39 Å². The highest BCUT2D eigenvalue weighted by Crippen LogP contribution is 2.51. The molecule has 4 atom stereocenters. The summed E-state index contributed by atoms with van der Waals surface area (Å²) in [6.45, 7) is 5.30. The van der Waals surface area contributed by atoms with Crippen molar-refractivity contribution in [2.75, 3.05) is 50.6 Å². The van der Waals surface area contributed by atoms with Gasteiger partial charge in [-0.15, -0.1) is 11.3 Å². The lowest BCUT2D eigenvalue weighted by Gasteiger charge is -2.37. The van der Waals surface area contributed by atoms with Crippen LogP contribution in [0.2, 0.25) is 5.02 Å². The van der Waals surface area contributed by atoms with Crippen LogP contribution in [0.15, 0.2) is 12.1 Å². The van der Waals surface area contributed by atoms with Gasteiger partial charge in [0, 0.05) is 36.2 Å². The number of hydrogen-bond acceptors (Lipinski definition) is 10. The molecular formula is C34H36ClF3N6O3S. The van der Waals surface area contributed by atoms with Crippen LogP contribution >= 0.6 is 22.9 Å². The van der Waals surface area contributed by atoms with Crippen LogP contribution in [0.5, 0.6) is 11.8 Å². The molecule has 0 saturated carbocycles. The number of rotatable bonds is 4. The molecule has 2 aromatic heterocycles. The average molecular weight is 701 g/mol. The van der Waals surface area contributed by atoms with Crippen LogP contribution in [-0.4, -0.2) is 79.2 Å². The van der Waals surface area contributed by atoms with E-state index in [9.17, 15) is 14.0 Å². The molecule has 0 amide bonds. The molecule has 6 heterocycles. The van der Waals surface area contributed by atoms with Crippen molar-refractivity contribution in [1.29, 1.82) is 5.26 Å². The lowest BCUT2D eigenvalue weighted by atomic mass is 9.96. The summed E-state index contributed by atoms with van der Waals surface area (Å²) in [4.78, 5) is 13.4. The lowest BCUT2D eigenvalue weighted by molar-refractivity contribution is 0.00448. The van der Waals surface area contributed by atoms with E-state index in [1.165, 1.54) is 32.1 Å². The summed E-state index contributed by atoms with van der Waals surface area (Å²) in [5, 5.41) is 10.4. The highest BCUT2D eigenvalue weighted by Gasteiger charge is 2.36. The third-order valence-corrected chi connectivity index (χ3v) is 11.3. The van der Waals surface area contributed by atoms with E-state index in [1.807, 2.05) is 6.07 Å². The van der Waals surface area contributed by atoms with E-state index < -0.39 is 17.8 Å². The van der Waals surface area contributed by atoms with Crippen LogP contribution in [0.3, 0.4) is 0 Å². The molecule has 3 saturated heterocycles. The zero-order valence-electron chi connectivity index (χ0n) is 26.7. The van der Waals surface area contributed by atoms with Gasteiger partial charge >= 0.3 is 6.01 Å². The number of benzene rings is 2. The van der Waals surface area contributed by atoms with Gasteiger partial charge in [0.25, 0.3) is 0 Å². The first kappa shape index (κ1) is 33.0. The quantitative estimate of drug-likeness (QED) is 0.235. The Morgan fingerprint density at radius 2 is 1.98 bits per heavy atom. The number of fused-ring (bicyclic) bond motifs is 2. The van der Waals surface area contributed by atoms with Crippen molar-refractivity contribution in [3.63, 3.8) is 0 Å². The smallest absolute Gasteiger partial charge is 0.318 e. The summed E-state index contributed by atoms with van der Waals surface area (Å²) >= 11 is 7.83. The minimum absolute atomic E-state index is 0.0108. The predicted octanol–water partition coefficient (Wildman–Crippen LogP) is 7.25. The van der Waals surface area contributed by atoms with Gasteiger partial charge in [0.15, 0.2) is 11.6 Å². The number of methoxy groups -OCH3 is 1. The largest absolute Gasteiger partial charge is 0.489 e. The van der Waals surface area contributed by atoms with Crippen LogP contribution in [0.25, 0.3) is 32.1 Å². The highest BCUT2D eigenvalue weighted by atomic mass is 35.5. The number of hydrogen-bond donors (Lipinski definition) is 1. The second-order valence-electron chi connectivity index (χ2n) is 12.6. The monoisotopic (exact) mass is 700 g/mol. The van der Waals surface area contributed by atoms with Gasteiger partial charge in [-0.05, 0) is 56.7 Å². The number of nitriles is 1. The fourth-order valence-electron chi connectivity index (χ4n) is 7.58. The third kappa shape index (κ3) is 5.66. The molecular weight excluding hydrogens is 665 g/mol. The van der Waals surface area contributed by atoms with Gasteiger partial charge in [0.1, 0.15) is 41.0 Å². The second-order valence-corrected chi connectivity index (χ2v) is 14.0. The van der Waals surface area contributed by atoms with Gasteiger partial charge in [-0.1, -0.05) is 24.6 Å². The van der Waals surface area contributed by atoms with Crippen LogP contribution in [-0.2, 0) is 4.74 Å². The summed E-state index contributed by atoms with van der Waals surface area (Å²) in [6, 6.07) is 5.30. The lowest BCUT2D eigenvalue weighted by Crippen LogP contribution is -2.44. The van der Waals surface area contributed by atoms with Crippen LogP contribution in [0, 0.1) is 23.0 Å². The van der Waals surface area contributed by atoms with Crippen molar-refractivity contribution >= 4 is 54.7 Å². The van der Waals surface area contributed by atoms with Crippen molar-refractivity contribution in [2.24, 2.45) is 0 Å². The standard InChI is InChI=1S/C27H24ClF2N5O3S.C7H12FN/c1-3-13-10-12(6-8-37-13)35-7-9-38-23-19-22(33-27(36-2)34-26(19)35)21(30)18(20(23)28)14-4-5-16(29)24-17(14)15(11-31)25(32)39-24;8-6-4-7-2-1-3-9(7)5-6/h4-5,12-13H,3,6-10,32H2,1-2H3;6-7H,1-5H2. The van der Waals surface area contributed by atoms with E-state index in [-0.39, 0.29) is 72.8 Å². The van der Waals surface area contributed by atoms with E-state index in [1.54, 1.807) is 0 Å². The normalized spacial score (nSPS) is 23.7. The van der Waals surface area contributed by atoms with E-state index in [2.05, 4.69) is 26.7 Å². The molecule has 48 heavy (non-hydrogen) atoms. The number of nitrogens with two attached hydrogens (primary N) is 1. The highest BCUT2D eigenvalue weighted by molar-refractivity contribution is 7.23. The fraction of sp³-hybridized carbons (Fsp3) is 0.500. The van der Waals surface area contributed by atoms with E-state index in [0.717, 1.165) is 43.6 Å². The van der Waals surface area contributed by atoms with Crippen LogP contribution in [0.4, 0.5) is 24.0 Å². The molecule has 3 fully saturated rings. The van der Waals surface area contributed by atoms with E-state index in [4.69, 9.17) is 31.5 Å². The Bertz CT molecular complexity index is 1910. The molecule has 0 spiro atoms. The number of thiophene rings is 1. The van der Waals surface area contributed by atoms with Crippen molar-refractivity contribution in [3.05, 3.63) is 34.4 Å². The van der Waals surface area contributed by atoms with Crippen molar-refractivity contribution in [1.82, 2.24) is 14.9 Å². The molecule has 4 aliphatic heterocycles. The molecule has 0 radical (unpaired) electrons. The van der Waals surface area contributed by atoms with Gasteiger partial charge in [0.2, 0.25) is 0 Å². The number of anilines is 2. The number of nitrogens with zero attached hydrogens (tertiary/aromatic N) is 5. The van der Waals surface area contributed by atoms with Gasteiger partial charge in [-0.3, -0.25) is 4.90 Å². The zero-order chi connectivity index (χ0) is 33.7. The Morgan fingerprint density at radius 3 is 2.73 bits per heavy atom. The van der Waals surface area contributed by atoms with Crippen molar-refractivity contribution in [3.8, 4) is 29.0 Å². The predicted molar refractivity (Wildman–Crippen MR) is 181 cm³/mol. The zero-order valence-corrected chi connectivity index (χ0v) is 28.3. The maximum absolute atomic E-state index is 16.6. The molecule has 4 aliphatic rings. The number of ether oxygens (including phenoxy) is 3. The molecule has 0 bridgehead atoms. The van der Waals surface area contributed by atoms with Crippen LogP contribution in [0.1, 0.15) is 51.0 Å². The number of nitrogen functional groups attached to an aromatic ring is 1. The first-order chi connectivity index (χ1) is 23.2. The molecule has 4 aromatic rings. The SMILES string of the molecule is CCC1CC(N2CCOc3c(Cl)c(-c4ccc(F)c5sc(N)c(C#N)c45)c(F)c4nc(OC)nc2c34)CCO1.FC1CC2CCCN2C1. The summed E-state index contributed by atoms with van der Waals surface area (Å²) in [5.74, 6) is -0.629. The molecule has 4 unspecified atom stereocenters. The number of alkyl halides is 1. The minimum Gasteiger partial charge on any atom is -0.489 e.